The first-order chi connectivity index (χ1) is 8.32. The fraction of sp³-hybridized carbons (Fsp3) is 0.462. The van der Waals surface area contributed by atoms with Crippen molar-refractivity contribution in [1.82, 2.24) is 4.90 Å². The van der Waals surface area contributed by atoms with Crippen molar-refractivity contribution in [3.63, 3.8) is 0 Å². The lowest BCUT2D eigenvalue weighted by molar-refractivity contribution is -0.135. The van der Waals surface area contributed by atoms with E-state index in [9.17, 15) is 14.3 Å². The lowest BCUT2D eigenvalue weighted by atomic mass is 10.1. The van der Waals surface area contributed by atoms with Crippen LogP contribution in [-0.2, 0) is 4.79 Å². The first-order valence-electron chi connectivity index (χ1n) is 5.68. The molecule has 0 aliphatic carbocycles. The predicted molar refractivity (Wildman–Crippen MR) is 65.8 cm³/mol. The molecule has 2 unspecified atom stereocenters. The Bertz CT molecular complexity index is 432. The van der Waals surface area contributed by atoms with Crippen molar-refractivity contribution in [2.75, 3.05) is 14.1 Å². The number of amides is 1. The lowest BCUT2D eigenvalue weighted by Crippen LogP contribution is -2.35. The van der Waals surface area contributed by atoms with E-state index in [-0.39, 0.29) is 11.7 Å². The normalized spacial score (nSPS) is 13.9. The van der Waals surface area contributed by atoms with E-state index in [4.69, 9.17) is 4.74 Å². The minimum Gasteiger partial charge on any atom is -0.478 e. The van der Waals surface area contributed by atoms with Gasteiger partial charge in [0.05, 0.1) is 6.10 Å². The topological polar surface area (TPSA) is 49.8 Å². The smallest absolute Gasteiger partial charge is 0.262 e. The Labute approximate surface area is 106 Å². The van der Waals surface area contributed by atoms with Crippen LogP contribution in [0.1, 0.15) is 25.5 Å². The Morgan fingerprint density at radius 2 is 2.00 bits per heavy atom. The number of carbonyl (C=O) groups is 1. The summed E-state index contributed by atoms with van der Waals surface area (Å²) in [6, 6.07) is 4.18. The maximum Gasteiger partial charge on any atom is 0.262 e. The molecule has 0 saturated heterocycles. The first kappa shape index (κ1) is 14.4. The van der Waals surface area contributed by atoms with Crippen molar-refractivity contribution in [2.24, 2.45) is 0 Å². The summed E-state index contributed by atoms with van der Waals surface area (Å²) >= 11 is 0. The first-order valence-corrected chi connectivity index (χ1v) is 5.68. The molecule has 1 amide bonds. The van der Waals surface area contributed by atoms with Crippen LogP contribution in [0.5, 0.6) is 5.75 Å². The van der Waals surface area contributed by atoms with Crippen LogP contribution in [0.4, 0.5) is 4.39 Å². The minimum atomic E-state index is -0.758. The van der Waals surface area contributed by atoms with E-state index in [2.05, 4.69) is 0 Å². The molecule has 1 aromatic carbocycles. The molecule has 1 aromatic rings. The highest BCUT2D eigenvalue weighted by molar-refractivity contribution is 5.80. The lowest BCUT2D eigenvalue weighted by Gasteiger charge is -2.19. The SMILES string of the molecule is CC(Oc1ccc(C(C)O)cc1F)C(=O)N(C)C. The fourth-order valence-corrected chi connectivity index (χ4v) is 1.48. The molecular formula is C13H18FNO3. The number of likely N-dealkylation sites (N-methyl/N-ethyl adjacent to an activating group) is 1. The summed E-state index contributed by atoms with van der Waals surface area (Å²) in [4.78, 5) is 13.0. The number of aliphatic hydroxyl groups is 1. The summed E-state index contributed by atoms with van der Waals surface area (Å²) in [5.74, 6) is -0.831. The van der Waals surface area contributed by atoms with Crippen LogP contribution in [0.25, 0.3) is 0 Å². The van der Waals surface area contributed by atoms with E-state index in [0.717, 1.165) is 0 Å². The van der Waals surface area contributed by atoms with Gasteiger partial charge in [-0.3, -0.25) is 4.79 Å². The molecule has 0 aliphatic heterocycles. The highest BCUT2D eigenvalue weighted by Crippen LogP contribution is 2.23. The number of hydrogen-bond donors (Lipinski definition) is 1. The Balaban J connectivity index is 2.83. The summed E-state index contributed by atoms with van der Waals surface area (Å²) < 4.78 is 18.9. The molecule has 100 valence electrons. The summed E-state index contributed by atoms with van der Waals surface area (Å²) in [7, 11) is 3.21. The van der Waals surface area contributed by atoms with E-state index in [1.807, 2.05) is 0 Å². The van der Waals surface area contributed by atoms with Crippen molar-refractivity contribution >= 4 is 5.91 Å². The molecule has 2 atom stereocenters. The molecule has 0 radical (unpaired) electrons. The summed E-state index contributed by atoms with van der Waals surface area (Å²) in [5, 5.41) is 9.31. The number of carbonyl (C=O) groups excluding carboxylic acids is 1. The van der Waals surface area contributed by atoms with Crippen molar-refractivity contribution in [2.45, 2.75) is 26.1 Å². The van der Waals surface area contributed by atoms with Gasteiger partial charge in [-0.05, 0) is 31.5 Å². The summed E-state index contributed by atoms with van der Waals surface area (Å²) in [6.07, 6.45) is -1.50. The largest absolute Gasteiger partial charge is 0.478 e. The maximum absolute atomic E-state index is 13.7. The van der Waals surface area contributed by atoms with Crippen molar-refractivity contribution in [3.8, 4) is 5.75 Å². The summed E-state index contributed by atoms with van der Waals surface area (Å²) in [6.45, 7) is 3.11. The average molecular weight is 255 g/mol. The zero-order valence-corrected chi connectivity index (χ0v) is 11.0. The maximum atomic E-state index is 13.7. The van der Waals surface area contributed by atoms with Gasteiger partial charge in [0.2, 0.25) is 0 Å². The third-order valence-electron chi connectivity index (χ3n) is 2.53. The quantitative estimate of drug-likeness (QED) is 0.891. The molecule has 0 fully saturated rings. The minimum absolute atomic E-state index is 0.00194. The number of nitrogens with zero attached hydrogens (tertiary/aromatic N) is 1. The van der Waals surface area contributed by atoms with E-state index < -0.39 is 18.0 Å². The van der Waals surface area contributed by atoms with Gasteiger partial charge in [0.25, 0.3) is 5.91 Å². The van der Waals surface area contributed by atoms with E-state index >= 15 is 0 Å². The van der Waals surface area contributed by atoms with Crippen LogP contribution in [0.15, 0.2) is 18.2 Å². The van der Waals surface area contributed by atoms with Gasteiger partial charge in [-0.1, -0.05) is 6.07 Å². The number of hydrogen-bond acceptors (Lipinski definition) is 3. The van der Waals surface area contributed by atoms with Crippen LogP contribution in [0.3, 0.4) is 0 Å². The number of rotatable bonds is 4. The van der Waals surface area contributed by atoms with Gasteiger partial charge in [-0.2, -0.15) is 0 Å². The monoisotopic (exact) mass is 255 g/mol. The van der Waals surface area contributed by atoms with Crippen LogP contribution in [0.2, 0.25) is 0 Å². The number of aliphatic hydroxyl groups excluding tert-OH is 1. The molecule has 5 heteroatoms. The highest BCUT2D eigenvalue weighted by atomic mass is 19.1. The van der Waals surface area contributed by atoms with Crippen LogP contribution >= 0.6 is 0 Å². The van der Waals surface area contributed by atoms with Crippen LogP contribution in [0, 0.1) is 5.82 Å². The number of ether oxygens (including phenoxy) is 1. The van der Waals surface area contributed by atoms with Crippen LogP contribution < -0.4 is 4.74 Å². The second-order valence-electron chi connectivity index (χ2n) is 4.36. The second-order valence-corrected chi connectivity index (χ2v) is 4.36. The number of benzene rings is 1. The predicted octanol–water partition coefficient (Wildman–Crippen LogP) is 1.73. The van der Waals surface area contributed by atoms with E-state index in [1.165, 1.54) is 17.0 Å². The van der Waals surface area contributed by atoms with Crippen molar-refractivity contribution < 1.29 is 19.0 Å². The van der Waals surface area contributed by atoms with E-state index in [0.29, 0.717) is 5.56 Å². The highest BCUT2D eigenvalue weighted by Gasteiger charge is 2.18. The molecule has 1 N–H and O–H groups in total. The van der Waals surface area contributed by atoms with E-state index in [1.54, 1.807) is 34.0 Å². The van der Waals surface area contributed by atoms with Crippen molar-refractivity contribution in [1.29, 1.82) is 0 Å². The third-order valence-corrected chi connectivity index (χ3v) is 2.53. The van der Waals surface area contributed by atoms with Gasteiger partial charge in [0.1, 0.15) is 0 Å². The molecular weight excluding hydrogens is 237 g/mol. The molecule has 18 heavy (non-hydrogen) atoms. The van der Waals surface area contributed by atoms with Gasteiger partial charge in [-0.15, -0.1) is 0 Å². The molecule has 0 bridgehead atoms. The molecule has 0 spiro atoms. The van der Waals surface area contributed by atoms with Gasteiger partial charge >= 0.3 is 0 Å². The van der Waals surface area contributed by atoms with Crippen LogP contribution in [-0.4, -0.2) is 36.1 Å². The Morgan fingerprint density at radius 3 is 2.44 bits per heavy atom. The Morgan fingerprint density at radius 1 is 1.39 bits per heavy atom. The van der Waals surface area contributed by atoms with Gasteiger partial charge in [-0.25, -0.2) is 4.39 Å². The fourth-order valence-electron chi connectivity index (χ4n) is 1.48. The molecule has 0 aliphatic rings. The number of halogens is 1. The molecule has 0 heterocycles. The zero-order chi connectivity index (χ0) is 13.9. The molecule has 0 aromatic heterocycles. The van der Waals surface area contributed by atoms with Gasteiger partial charge < -0.3 is 14.7 Å². The zero-order valence-electron chi connectivity index (χ0n) is 11.0. The Hall–Kier alpha value is -1.62. The third kappa shape index (κ3) is 3.43. The second kappa shape index (κ2) is 5.82. The molecule has 1 rings (SSSR count). The average Bonchev–Trinajstić information content (AvgIpc) is 2.30. The summed E-state index contributed by atoms with van der Waals surface area (Å²) in [5.41, 5.74) is 0.464. The van der Waals surface area contributed by atoms with Crippen molar-refractivity contribution in [3.05, 3.63) is 29.6 Å². The Kier molecular flexibility index (Phi) is 4.67. The van der Waals surface area contributed by atoms with Gasteiger partial charge in [0.15, 0.2) is 17.7 Å². The molecule has 0 saturated carbocycles. The van der Waals surface area contributed by atoms with Gasteiger partial charge in [0, 0.05) is 14.1 Å². The standard InChI is InChI=1S/C13H18FNO3/c1-8(16)10-5-6-12(11(14)7-10)18-9(2)13(17)15(3)4/h5-9,16H,1-4H3. The molecule has 4 nitrogen and oxygen atoms in total.